The Morgan fingerprint density at radius 3 is 2.56 bits per heavy atom. The first-order valence-corrected chi connectivity index (χ1v) is 8.74. The van der Waals surface area contributed by atoms with Crippen molar-refractivity contribution < 1.29 is 24.5 Å². The number of rotatable bonds is 6. The Morgan fingerprint density at radius 2 is 1.96 bits per heavy atom. The minimum atomic E-state index is -0.744. The van der Waals surface area contributed by atoms with Crippen LogP contribution in [0.15, 0.2) is 24.3 Å². The lowest BCUT2D eigenvalue weighted by Gasteiger charge is -2.30. The van der Waals surface area contributed by atoms with Gasteiger partial charge in [-0.1, -0.05) is 0 Å². The molecule has 7 heteroatoms. The van der Waals surface area contributed by atoms with E-state index in [-0.39, 0.29) is 24.7 Å². The van der Waals surface area contributed by atoms with Gasteiger partial charge < -0.3 is 25.0 Å². The standard InChI is InChI=1S/C18H26N2O5/c1-24-13-6-4-12(5-7-13)18(23)19-10-14-16(20-8-2-3-9-20)17(22)15(11-21)25-14/h4-7,14-17,21-22H,2-3,8-11H2,1H3,(H,19,23)/t14-,15+,16+,17-/m1/s1. The third-order valence-corrected chi connectivity index (χ3v) is 5.02. The van der Waals surface area contributed by atoms with Gasteiger partial charge in [-0.05, 0) is 50.2 Å². The molecule has 0 spiro atoms. The predicted molar refractivity (Wildman–Crippen MR) is 91.7 cm³/mol. The third kappa shape index (κ3) is 3.95. The Hall–Kier alpha value is -1.67. The highest BCUT2D eigenvalue weighted by atomic mass is 16.5. The van der Waals surface area contributed by atoms with Crippen LogP contribution >= 0.6 is 0 Å². The van der Waals surface area contributed by atoms with E-state index in [0.717, 1.165) is 25.9 Å². The van der Waals surface area contributed by atoms with Crippen molar-refractivity contribution in [1.29, 1.82) is 0 Å². The molecule has 2 fully saturated rings. The minimum absolute atomic E-state index is 0.198. The van der Waals surface area contributed by atoms with Crippen molar-refractivity contribution in [1.82, 2.24) is 10.2 Å². The van der Waals surface area contributed by atoms with E-state index in [4.69, 9.17) is 9.47 Å². The van der Waals surface area contributed by atoms with E-state index in [9.17, 15) is 15.0 Å². The van der Waals surface area contributed by atoms with Gasteiger partial charge in [0.2, 0.25) is 0 Å². The van der Waals surface area contributed by atoms with Crippen LogP contribution in [0.25, 0.3) is 0 Å². The molecule has 1 aromatic rings. The number of hydrogen-bond donors (Lipinski definition) is 3. The van der Waals surface area contributed by atoms with E-state index in [1.807, 2.05) is 0 Å². The first-order valence-electron chi connectivity index (χ1n) is 8.74. The second kappa shape index (κ2) is 8.14. The third-order valence-electron chi connectivity index (χ3n) is 5.02. The number of hydrogen-bond acceptors (Lipinski definition) is 6. The molecule has 1 amide bonds. The van der Waals surface area contributed by atoms with Crippen molar-refractivity contribution in [3.63, 3.8) is 0 Å². The Morgan fingerprint density at radius 1 is 1.28 bits per heavy atom. The van der Waals surface area contributed by atoms with Crippen LogP contribution < -0.4 is 10.1 Å². The molecule has 0 radical (unpaired) electrons. The monoisotopic (exact) mass is 350 g/mol. The molecule has 4 atom stereocenters. The van der Waals surface area contributed by atoms with Gasteiger partial charge in [-0.15, -0.1) is 0 Å². The van der Waals surface area contributed by atoms with Gasteiger partial charge in [-0.3, -0.25) is 9.69 Å². The van der Waals surface area contributed by atoms with Crippen LogP contribution in [0.2, 0.25) is 0 Å². The van der Waals surface area contributed by atoms with Gasteiger partial charge in [0.15, 0.2) is 0 Å². The van der Waals surface area contributed by atoms with Gasteiger partial charge in [0.25, 0.3) is 5.91 Å². The first-order chi connectivity index (χ1) is 12.1. The average Bonchev–Trinajstić information content (AvgIpc) is 3.27. The van der Waals surface area contributed by atoms with Crippen molar-refractivity contribution >= 4 is 5.91 Å². The lowest BCUT2D eigenvalue weighted by atomic mass is 10.0. The Bertz CT molecular complexity index is 573. The maximum Gasteiger partial charge on any atom is 0.251 e. The second-order valence-corrected chi connectivity index (χ2v) is 6.56. The van der Waals surface area contributed by atoms with Gasteiger partial charge in [0.05, 0.1) is 25.9 Å². The second-order valence-electron chi connectivity index (χ2n) is 6.56. The number of methoxy groups -OCH3 is 1. The topological polar surface area (TPSA) is 91.3 Å². The highest BCUT2D eigenvalue weighted by molar-refractivity contribution is 5.94. The molecule has 1 aromatic carbocycles. The quantitative estimate of drug-likeness (QED) is 0.670. The molecule has 2 aliphatic heterocycles. The van der Waals surface area contributed by atoms with Crippen molar-refractivity contribution in [3.8, 4) is 5.75 Å². The van der Waals surface area contributed by atoms with Gasteiger partial charge in [0, 0.05) is 12.1 Å². The van der Waals surface area contributed by atoms with Crippen LogP contribution in [-0.4, -0.2) is 78.7 Å². The molecule has 0 saturated carbocycles. The molecule has 0 aliphatic carbocycles. The van der Waals surface area contributed by atoms with Crippen LogP contribution in [0.1, 0.15) is 23.2 Å². The Kier molecular flexibility index (Phi) is 5.90. The molecular formula is C18H26N2O5. The number of aliphatic hydroxyl groups is 2. The summed E-state index contributed by atoms with van der Waals surface area (Å²) < 4.78 is 10.9. The van der Waals surface area contributed by atoms with Crippen molar-refractivity contribution in [2.45, 2.75) is 37.2 Å². The highest BCUT2D eigenvalue weighted by Crippen LogP contribution is 2.28. The first kappa shape index (κ1) is 18.1. The summed E-state index contributed by atoms with van der Waals surface area (Å²) in [6.07, 6.45) is 0.502. The van der Waals surface area contributed by atoms with Crippen molar-refractivity contribution in [2.75, 3.05) is 33.4 Å². The zero-order valence-corrected chi connectivity index (χ0v) is 14.4. The smallest absolute Gasteiger partial charge is 0.251 e. The molecule has 3 N–H and O–H groups in total. The largest absolute Gasteiger partial charge is 0.497 e. The maximum absolute atomic E-state index is 12.3. The molecule has 0 aromatic heterocycles. The zero-order valence-electron chi connectivity index (χ0n) is 14.4. The SMILES string of the molecule is COc1ccc(C(=O)NC[C@H]2O[C@@H](CO)[C@@H](O)[C@H]2N2CCCC2)cc1. The molecule has 0 bridgehead atoms. The van der Waals surface area contributed by atoms with E-state index >= 15 is 0 Å². The number of nitrogens with zero attached hydrogens (tertiary/aromatic N) is 1. The Labute approximate surface area is 147 Å². The number of amides is 1. The number of carbonyl (C=O) groups excluding carboxylic acids is 1. The minimum Gasteiger partial charge on any atom is -0.497 e. The molecule has 7 nitrogen and oxygen atoms in total. The molecule has 2 aliphatic rings. The normalized spacial score (nSPS) is 29.7. The van der Waals surface area contributed by atoms with Crippen molar-refractivity contribution in [2.24, 2.45) is 0 Å². The lowest BCUT2D eigenvalue weighted by Crippen LogP contribution is -2.50. The molecule has 25 heavy (non-hydrogen) atoms. The van der Waals surface area contributed by atoms with E-state index in [1.54, 1.807) is 31.4 Å². The van der Waals surface area contributed by atoms with E-state index < -0.39 is 12.2 Å². The van der Waals surface area contributed by atoms with Crippen molar-refractivity contribution in [3.05, 3.63) is 29.8 Å². The van der Waals surface area contributed by atoms with Crippen LogP contribution in [0, 0.1) is 0 Å². The summed E-state index contributed by atoms with van der Waals surface area (Å²) in [5, 5.41) is 22.8. The lowest BCUT2D eigenvalue weighted by molar-refractivity contribution is -0.0209. The van der Waals surface area contributed by atoms with Crippen LogP contribution in [-0.2, 0) is 4.74 Å². The van der Waals surface area contributed by atoms with Gasteiger partial charge in [0.1, 0.15) is 18.0 Å². The molecule has 2 heterocycles. The van der Waals surface area contributed by atoms with E-state index in [2.05, 4.69) is 10.2 Å². The number of aliphatic hydroxyl groups excluding tert-OH is 2. The van der Waals surface area contributed by atoms with Crippen LogP contribution in [0.5, 0.6) is 5.75 Å². The maximum atomic E-state index is 12.3. The summed E-state index contributed by atoms with van der Waals surface area (Å²) >= 11 is 0. The van der Waals surface area contributed by atoms with Crippen LogP contribution in [0.3, 0.4) is 0 Å². The number of benzene rings is 1. The van der Waals surface area contributed by atoms with Gasteiger partial charge in [-0.2, -0.15) is 0 Å². The molecule has 0 unspecified atom stereocenters. The summed E-state index contributed by atoms with van der Waals surface area (Å²) in [5.41, 5.74) is 0.538. The fourth-order valence-electron chi connectivity index (χ4n) is 3.67. The zero-order chi connectivity index (χ0) is 17.8. The van der Waals surface area contributed by atoms with Gasteiger partial charge >= 0.3 is 0 Å². The van der Waals surface area contributed by atoms with E-state index in [1.165, 1.54) is 0 Å². The summed E-state index contributed by atoms with van der Waals surface area (Å²) in [4.78, 5) is 14.5. The number of carbonyl (C=O) groups is 1. The Balaban J connectivity index is 1.62. The fraction of sp³-hybridized carbons (Fsp3) is 0.611. The molecule has 138 valence electrons. The van der Waals surface area contributed by atoms with Crippen LogP contribution in [0.4, 0.5) is 0 Å². The summed E-state index contributed by atoms with van der Waals surface area (Å²) in [5.74, 6) is 0.493. The number of likely N-dealkylation sites (tertiary alicyclic amines) is 1. The predicted octanol–water partition coefficient (Wildman–Crippen LogP) is 0.0100. The molecule has 3 rings (SSSR count). The highest BCUT2D eigenvalue weighted by Gasteiger charge is 2.46. The molecular weight excluding hydrogens is 324 g/mol. The summed E-state index contributed by atoms with van der Waals surface area (Å²) in [6.45, 7) is 1.88. The summed E-state index contributed by atoms with van der Waals surface area (Å²) in [6, 6.07) is 6.68. The number of ether oxygens (including phenoxy) is 2. The number of nitrogens with one attached hydrogen (secondary N) is 1. The molecule has 2 saturated heterocycles. The van der Waals surface area contributed by atoms with E-state index in [0.29, 0.717) is 17.9 Å². The average molecular weight is 350 g/mol. The van der Waals surface area contributed by atoms with Gasteiger partial charge in [-0.25, -0.2) is 0 Å². The summed E-state index contributed by atoms with van der Waals surface area (Å²) in [7, 11) is 1.58. The fourth-order valence-corrected chi connectivity index (χ4v) is 3.67.